The lowest BCUT2D eigenvalue weighted by atomic mass is 10.1. The molecule has 0 atom stereocenters. The largest absolute Gasteiger partial charge is 0.364 e. The number of carbonyl (C=O) groups is 2. The first-order valence-corrected chi connectivity index (χ1v) is 10.1. The zero-order chi connectivity index (χ0) is 23.0. The van der Waals surface area contributed by atoms with Crippen molar-refractivity contribution in [2.24, 2.45) is 5.73 Å². The summed E-state index contributed by atoms with van der Waals surface area (Å²) in [6, 6.07) is 7.83. The molecule has 5 N–H and O–H groups in total. The van der Waals surface area contributed by atoms with Crippen LogP contribution in [0.5, 0.6) is 0 Å². The fraction of sp³-hybridized carbons (Fsp3) is 0.364. The number of nitrogens with zero attached hydrogens (tertiary/aromatic N) is 3. The first-order chi connectivity index (χ1) is 14.8. The van der Waals surface area contributed by atoms with Crippen LogP contribution in [0.2, 0.25) is 0 Å². The lowest BCUT2D eigenvalue weighted by Crippen LogP contribution is -2.33. The molecule has 2 aromatic rings. The van der Waals surface area contributed by atoms with Crippen LogP contribution in [0.1, 0.15) is 35.6 Å². The van der Waals surface area contributed by atoms with Gasteiger partial charge in [-0.3, -0.25) is 9.59 Å². The Morgan fingerprint density at radius 1 is 1.29 bits per heavy atom. The highest BCUT2D eigenvalue weighted by Crippen LogP contribution is 2.26. The average molecular weight is 426 g/mol. The summed E-state index contributed by atoms with van der Waals surface area (Å²) in [4.78, 5) is 34.5. The number of amides is 2. The van der Waals surface area contributed by atoms with Crippen molar-refractivity contribution in [2.45, 2.75) is 26.3 Å². The zero-order valence-electron chi connectivity index (χ0n) is 18.5. The summed E-state index contributed by atoms with van der Waals surface area (Å²) in [6.45, 7) is 8.64. The minimum Gasteiger partial charge on any atom is -0.364 e. The number of anilines is 3. The SMILES string of the molecule is C=Cc1nc(C(N)=O)c(Nc2cccc(CCNC(=O)CNC)c2)nc1N(C)C(C)C. The van der Waals surface area contributed by atoms with Crippen molar-refractivity contribution in [3.8, 4) is 0 Å². The molecule has 0 bridgehead atoms. The molecular formula is C22H31N7O2. The van der Waals surface area contributed by atoms with Crippen molar-refractivity contribution in [3.63, 3.8) is 0 Å². The van der Waals surface area contributed by atoms with E-state index in [0.29, 0.717) is 24.5 Å². The zero-order valence-corrected chi connectivity index (χ0v) is 18.5. The summed E-state index contributed by atoms with van der Waals surface area (Å²) in [5.74, 6) is 0.142. The highest BCUT2D eigenvalue weighted by molar-refractivity contribution is 5.97. The Morgan fingerprint density at radius 3 is 2.65 bits per heavy atom. The van der Waals surface area contributed by atoms with Crippen LogP contribution in [0.3, 0.4) is 0 Å². The van der Waals surface area contributed by atoms with E-state index in [9.17, 15) is 9.59 Å². The van der Waals surface area contributed by atoms with E-state index in [1.165, 1.54) is 0 Å². The van der Waals surface area contributed by atoms with Crippen LogP contribution in [-0.2, 0) is 11.2 Å². The minimum atomic E-state index is -0.680. The summed E-state index contributed by atoms with van der Waals surface area (Å²) < 4.78 is 0. The van der Waals surface area contributed by atoms with E-state index >= 15 is 0 Å². The Balaban J connectivity index is 2.28. The fourth-order valence-electron chi connectivity index (χ4n) is 2.85. The van der Waals surface area contributed by atoms with Crippen molar-refractivity contribution < 1.29 is 9.59 Å². The molecule has 9 heteroatoms. The molecule has 1 aromatic carbocycles. The molecule has 2 rings (SSSR count). The van der Waals surface area contributed by atoms with Gasteiger partial charge in [-0.2, -0.15) is 0 Å². The molecule has 0 saturated heterocycles. The molecule has 0 spiro atoms. The Labute approximate surface area is 183 Å². The molecule has 1 heterocycles. The number of primary amides is 1. The normalized spacial score (nSPS) is 10.6. The lowest BCUT2D eigenvalue weighted by molar-refractivity contribution is -0.120. The molecule has 2 amide bonds. The van der Waals surface area contributed by atoms with Crippen LogP contribution in [0, 0.1) is 0 Å². The monoisotopic (exact) mass is 425 g/mol. The molecule has 1 aromatic heterocycles. The summed E-state index contributed by atoms with van der Waals surface area (Å²) in [6.07, 6.45) is 2.22. The topological polar surface area (TPSA) is 125 Å². The number of carbonyl (C=O) groups excluding carboxylic acids is 2. The first-order valence-electron chi connectivity index (χ1n) is 10.1. The van der Waals surface area contributed by atoms with Crippen molar-refractivity contribution in [1.29, 1.82) is 0 Å². The van der Waals surface area contributed by atoms with Gasteiger partial charge in [0.1, 0.15) is 5.69 Å². The van der Waals surface area contributed by atoms with Gasteiger partial charge in [0.2, 0.25) is 5.91 Å². The number of nitrogens with one attached hydrogen (secondary N) is 3. The van der Waals surface area contributed by atoms with Gasteiger partial charge in [0.15, 0.2) is 17.3 Å². The molecule has 0 aliphatic carbocycles. The van der Waals surface area contributed by atoms with Crippen molar-refractivity contribution in [3.05, 3.63) is 47.8 Å². The van der Waals surface area contributed by atoms with E-state index in [2.05, 4.69) is 32.5 Å². The molecule has 0 aliphatic heterocycles. The van der Waals surface area contributed by atoms with Gasteiger partial charge in [-0.1, -0.05) is 18.7 Å². The van der Waals surface area contributed by atoms with E-state index in [4.69, 9.17) is 5.73 Å². The fourth-order valence-corrected chi connectivity index (χ4v) is 2.85. The van der Waals surface area contributed by atoms with Gasteiger partial charge < -0.3 is 26.6 Å². The molecule has 0 aliphatic rings. The van der Waals surface area contributed by atoms with Crippen LogP contribution in [0.25, 0.3) is 6.08 Å². The van der Waals surface area contributed by atoms with Crippen molar-refractivity contribution in [2.75, 3.05) is 37.4 Å². The van der Waals surface area contributed by atoms with E-state index in [1.54, 1.807) is 13.1 Å². The van der Waals surface area contributed by atoms with Crippen LogP contribution in [0.15, 0.2) is 30.8 Å². The summed E-state index contributed by atoms with van der Waals surface area (Å²) in [5, 5.41) is 8.83. The van der Waals surface area contributed by atoms with Crippen molar-refractivity contribution >= 4 is 35.2 Å². The maximum Gasteiger partial charge on any atom is 0.271 e. The number of hydrogen-bond acceptors (Lipinski definition) is 7. The quantitative estimate of drug-likeness (QED) is 0.432. The van der Waals surface area contributed by atoms with Crippen LogP contribution in [0.4, 0.5) is 17.3 Å². The standard InChI is InChI=1S/C22H31N7O2/c1-6-17-22(29(5)14(2)3)28-21(19(27-17)20(23)31)26-16-9-7-8-15(12-16)10-11-25-18(30)13-24-4/h6-9,12,14,24H,1,10-11,13H2,2-5H3,(H2,23,31)(H,25,30)(H,26,28). The molecule has 0 saturated carbocycles. The number of hydrogen-bond donors (Lipinski definition) is 4. The minimum absolute atomic E-state index is 0.0422. The third kappa shape index (κ3) is 6.51. The van der Waals surface area contributed by atoms with Gasteiger partial charge in [-0.15, -0.1) is 0 Å². The molecule has 9 nitrogen and oxygen atoms in total. The highest BCUT2D eigenvalue weighted by Gasteiger charge is 2.20. The summed E-state index contributed by atoms with van der Waals surface area (Å²) in [7, 11) is 3.63. The maximum absolute atomic E-state index is 12.0. The van der Waals surface area contributed by atoms with Gasteiger partial charge in [-0.05, 0) is 51.1 Å². The molecule has 31 heavy (non-hydrogen) atoms. The maximum atomic E-state index is 12.0. The summed E-state index contributed by atoms with van der Waals surface area (Å²) in [5.41, 5.74) is 7.84. The van der Waals surface area contributed by atoms with Crippen LogP contribution >= 0.6 is 0 Å². The van der Waals surface area contributed by atoms with Gasteiger partial charge >= 0.3 is 0 Å². The Morgan fingerprint density at radius 2 is 2.03 bits per heavy atom. The smallest absolute Gasteiger partial charge is 0.271 e. The van der Waals surface area contributed by atoms with E-state index < -0.39 is 5.91 Å². The van der Waals surface area contributed by atoms with E-state index in [0.717, 1.165) is 11.3 Å². The molecular weight excluding hydrogens is 394 g/mol. The number of rotatable bonds is 11. The van der Waals surface area contributed by atoms with Gasteiger partial charge in [0.25, 0.3) is 5.91 Å². The number of benzene rings is 1. The average Bonchev–Trinajstić information content (AvgIpc) is 2.73. The van der Waals surface area contributed by atoms with Crippen LogP contribution < -0.4 is 26.6 Å². The second-order valence-electron chi connectivity index (χ2n) is 7.36. The number of aromatic nitrogens is 2. The third-order valence-corrected chi connectivity index (χ3v) is 4.70. The van der Waals surface area contributed by atoms with Gasteiger partial charge in [0.05, 0.1) is 6.54 Å². The Hall–Kier alpha value is -3.46. The van der Waals surface area contributed by atoms with Gasteiger partial charge in [0, 0.05) is 25.3 Å². The predicted molar refractivity (Wildman–Crippen MR) is 125 cm³/mol. The number of likely N-dealkylation sites (N-methyl/N-ethyl adjacent to an activating group) is 1. The van der Waals surface area contributed by atoms with Crippen LogP contribution in [-0.4, -0.2) is 55.0 Å². The molecule has 166 valence electrons. The predicted octanol–water partition coefficient (Wildman–Crippen LogP) is 1.68. The van der Waals surface area contributed by atoms with E-state index in [-0.39, 0.29) is 30.0 Å². The first kappa shape index (κ1) is 23.8. The number of nitrogens with two attached hydrogens (primary N) is 1. The second-order valence-corrected chi connectivity index (χ2v) is 7.36. The lowest BCUT2D eigenvalue weighted by Gasteiger charge is -2.25. The Kier molecular flexibility index (Phi) is 8.51. The highest BCUT2D eigenvalue weighted by atomic mass is 16.2. The molecule has 0 unspecified atom stereocenters. The molecule has 0 radical (unpaired) electrons. The summed E-state index contributed by atoms with van der Waals surface area (Å²) >= 11 is 0. The van der Waals surface area contributed by atoms with E-state index in [1.807, 2.05) is 50.1 Å². The molecule has 0 fully saturated rings. The van der Waals surface area contributed by atoms with Crippen molar-refractivity contribution in [1.82, 2.24) is 20.6 Å². The third-order valence-electron chi connectivity index (χ3n) is 4.70. The van der Waals surface area contributed by atoms with Gasteiger partial charge in [-0.25, -0.2) is 9.97 Å². The second kappa shape index (κ2) is 11.1. The Bertz CT molecular complexity index is 943.